The van der Waals surface area contributed by atoms with Crippen molar-refractivity contribution >= 4 is 17.6 Å². The molecule has 1 aromatic carbocycles. The summed E-state index contributed by atoms with van der Waals surface area (Å²) in [7, 11) is 0. The summed E-state index contributed by atoms with van der Waals surface area (Å²) in [5, 5.41) is 5.28. The number of nitrogens with two attached hydrogens (primary N) is 2. The van der Waals surface area contributed by atoms with Gasteiger partial charge >= 0.3 is 0 Å². The van der Waals surface area contributed by atoms with E-state index in [9.17, 15) is 4.79 Å². The number of amides is 1. The molecule has 2 aliphatic rings. The van der Waals surface area contributed by atoms with Gasteiger partial charge in [-0.05, 0) is 62.1 Å². The van der Waals surface area contributed by atoms with Crippen molar-refractivity contribution in [2.45, 2.75) is 45.2 Å². The number of hydrogen-bond donors (Lipinski definition) is 2. The van der Waals surface area contributed by atoms with Gasteiger partial charge in [0, 0.05) is 35.0 Å². The molecule has 8 heteroatoms. The van der Waals surface area contributed by atoms with Gasteiger partial charge in [-0.3, -0.25) is 19.7 Å². The third kappa shape index (κ3) is 3.93. The van der Waals surface area contributed by atoms with Crippen LogP contribution in [-0.4, -0.2) is 32.8 Å². The molecule has 3 aromatic rings. The largest absolute Gasteiger partial charge is 0.321 e. The SMILES string of the molecule is CC(C)N(N)/C(=N\N)c1cccc(N2Cc3ccc(-c4ccc(C5CC5)nc4)cc3C2=O)n1. The lowest BCUT2D eigenvalue weighted by Crippen LogP contribution is -2.44. The Hall–Kier alpha value is -3.78. The number of benzene rings is 1. The van der Waals surface area contributed by atoms with Gasteiger partial charge in [0.2, 0.25) is 0 Å². The third-order valence-electron chi connectivity index (χ3n) is 6.19. The molecule has 0 saturated heterocycles. The Bertz CT molecular complexity index is 1230. The zero-order valence-electron chi connectivity index (χ0n) is 18.8. The second-order valence-corrected chi connectivity index (χ2v) is 8.84. The van der Waals surface area contributed by atoms with Crippen molar-refractivity contribution in [3.05, 3.63) is 77.2 Å². The molecule has 1 fully saturated rings. The summed E-state index contributed by atoms with van der Waals surface area (Å²) in [5.41, 5.74) is 5.30. The van der Waals surface area contributed by atoms with Gasteiger partial charge in [-0.2, -0.15) is 5.10 Å². The van der Waals surface area contributed by atoms with E-state index in [1.165, 1.54) is 17.9 Å². The van der Waals surface area contributed by atoms with Gasteiger partial charge in [-0.1, -0.05) is 24.3 Å². The molecule has 8 nitrogen and oxygen atoms in total. The predicted octanol–water partition coefficient (Wildman–Crippen LogP) is 3.39. The van der Waals surface area contributed by atoms with Crippen LogP contribution >= 0.6 is 0 Å². The zero-order chi connectivity index (χ0) is 23.1. The van der Waals surface area contributed by atoms with Crippen LogP contribution in [-0.2, 0) is 6.54 Å². The lowest BCUT2D eigenvalue weighted by molar-refractivity contribution is 0.0996. The van der Waals surface area contributed by atoms with E-state index in [1.54, 1.807) is 17.0 Å². The molecule has 0 unspecified atom stereocenters. The van der Waals surface area contributed by atoms with Crippen LogP contribution in [0.2, 0.25) is 0 Å². The van der Waals surface area contributed by atoms with E-state index >= 15 is 0 Å². The standard InChI is InChI=1S/C25H27N7O/c1-15(2)32(27)24(30-26)22-4-3-5-23(29-22)31-14-19-9-8-17(12-20(19)25(31)33)18-10-11-21(28-13-18)16-6-7-16/h3-5,8-13,15-16H,6-7,14,26-27H2,1-2H3/b30-24-. The minimum absolute atomic E-state index is 0.0123. The number of fused-ring (bicyclic) bond motifs is 1. The normalized spacial score (nSPS) is 15.8. The maximum atomic E-state index is 13.3. The number of hydrazine groups is 1. The molecule has 0 spiro atoms. The number of carbonyl (C=O) groups is 1. The Kier molecular flexibility index (Phi) is 5.30. The number of carbonyl (C=O) groups excluding carboxylic acids is 1. The van der Waals surface area contributed by atoms with Crippen LogP contribution in [0.3, 0.4) is 0 Å². The van der Waals surface area contributed by atoms with Gasteiger partial charge in [0.1, 0.15) is 11.5 Å². The number of aromatic nitrogens is 2. The van der Waals surface area contributed by atoms with E-state index in [0.717, 1.165) is 22.4 Å². The second kappa shape index (κ2) is 8.29. The van der Waals surface area contributed by atoms with Gasteiger partial charge in [0.15, 0.2) is 5.84 Å². The highest BCUT2D eigenvalue weighted by Crippen LogP contribution is 2.39. The highest BCUT2D eigenvalue weighted by molar-refractivity contribution is 6.10. The van der Waals surface area contributed by atoms with Crippen molar-refractivity contribution in [1.82, 2.24) is 15.0 Å². The van der Waals surface area contributed by atoms with Crippen LogP contribution in [0, 0.1) is 0 Å². The molecule has 0 atom stereocenters. The van der Waals surface area contributed by atoms with E-state index in [-0.39, 0.29) is 11.9 Å². The average molecular weight is 442 g/mol. The predicted molar refractivity (Wildman–Crippen MR) is 128 cm³/mol. The molecule has 1 aliphatic carbocycles. The van der Waals surface area contributed by atoms with Crippen molar-refractivity contribution in [2.24, 2.45) is 16.8 Å². The van der Waals surface area contributed by atoms with E-state index in [0.29, 0.717) is 35.4 Å². The summed E-state index contributed by atoms with van der Waals surface area (Å²) in [4.78, 5) is 24.2. The number of hydrazone groups is 1. The first kappa shape index (κ1) is 21.1. The summed E-state index contributed by atoms with van der Waals surface area (Å²) < 4.78 is 0. The Morgan fingerprint density at radius 3 is 2.61 bits per heavy atom. The van der Waals surface area contributed by atoms with E-state index in [2.05, 4.69) is 27.2 Å². The zero-order valence-corrected chi connectivity index (χ0v) is 18.8. The van der Waals surface area contributed by atoms with Crippen LogP contribution in [0.15, 0.2) is 59.8 Å². The first-order valence-electron chi connectivity index (χ1n) is 11.2. The van der Waals surface area contributed by atoms with Crippen LogP contribution in [0.25, 0.3) is 11.1 Å². The van der Waals surface area contributed by atoms with E-state index in [1.807, 2.05) is 44.3 Å². The van der Waals surface area contributed by atoms with Crippen molar-refractivity contribution in [2.75, 3.05) is 4.90 Å². The monoisotopic (exact) mass is 441 g/mol. The average Bonchev–Trinajstić information content (AvgIpc) is 3.63. The highest BCUT2D eigenvalue weighted by Gasteiger charge is 2.30. The fourth-order valence-electron chi connectivity index (χ4n) is 4.07. The third-order valence-corrected chi connectivity index (χ3v) is 6.19. The first-order valence-corrected chi connectivity index (χ1v) is 11.2. The maximum absolute atomic E-state index is 13.3. The molecule has 3 heterocycles. The van der Waals surface area contributed by atoms with E-state index in [4.69, 9.17) is 11.7 Å². The number of rotatable bonds is 5. The lowest BCUT2D eigenvalue weighted by Gasteiger charge is -2.24. The second-order valence-electron chi connectivity index (χ2n) is 8.84. The minimum atomic E-state index is -0.0845. The van der Waals surface area contributed by atoms with Gasteiger partial charge in [-0.25, -0.2) is 10.8 Å². The summed E-state index contributed by atoms with van der Waals surface area (Å²) >= 11 is 0. The molecule has 1 amide bonds. The minimum Gasteiger partial charge on any atom is -0.321 e. The highest BCUT2D eigenvalue weighted by atomic mass is 16.2. The van der Waals surface area contributed by atoms with Gasteiger partial charge in [0.05, 0.1) is 6.54 Å². The van der Waals surface area contributed by atoms with Gasteiger partial charge in [0.25, 0.3) is 5.91 Å². The number of nitrogens with zero attached hydrogens (tertiary/aromatic N) is 5. The Labute approximate surface area is 192 Å². The molecule has 5 rings (SSSR count). The van der Waals surface area contributed by atoms with E-state index < -0.39 is 0 Å². The Morgan fingerprint density at radius 1 is 1.15 bits per heavy atom. The molecule has 4 N–H and O–H groups in total. The lowest BCUT2D eigenvalue weighted by atomic mass is 10.0. The molecule has 1 saturated carbocycles. The molecular weight excluding hydrogens is 414 g/mol. The fraction of sp³-hybridized carbons (Fsp3) is 0.280. The number of anilines is 1. The number of hydrogen-bond acceptors (Lipinski definition) is 6. The smallest absolute Gasteiger partial charge is 0.260 e. The molecule has 1 aliphatic heterocycles. The van der Waals surface area contributed by atoms with Crippen molar-refractivity contribution < 1.29 is 4.79 Å². The maximum Gasteiger partial charge on any atom is 0.260 e. The number of pyridine rings is 2. The van der Waals surface area contributed by atoms with Crippen LogP contribution < -0.4 is 16.6 Å². The summed E-state index contributed by atoms with van der Waals surface area (Å²) in [5.74, 6) is 13.1. The molecular formula is C25H27N7O. The van der Waals surface area contributed by atoms with Crippen molar-refractivity contribution in [3.63, 3.8) is 0 Å². The molecule has 0 bridgehead atoms. The van der Waals surface area contributed by atoms with Gasteiger partial charge < -0.3 is 5.84 Å². The molecule has 0 radical (unpaired) electrons. The molecule has 33 heavy (non-hydrogen) atoms. The van der Waals surface area contributed by atoms with Crippen LogP contribution in [0.5, 0.6) is 0 Å². The van der Waals surface area contributed by atoms with Crippen molar-refractivity contribution in [3.8, 4) is 11.1 Å². The molecule has 2 aromatic heterocycles. The summed E-state index contributed by atoms with van der Waals surface area (Å²) in [6.45, 7) is 4.32. The first-order chi connectivity index (χ1) is 16.0. The quantitative estimate of drug-likeness (QED) is 0.272. The van der Waals surface area contributed by atoms with Crippen molar-refractivity contribution in [1.29, 1.82) is 0 Å². The summed E-state index contributed by atoms with van der Waals surface area (Å²) in [6, 6.07) is 15.6. The Balaban J connectivity index is 1.41. The topological polar surface area (TPSA) is 114 Å². The van der Waals surface area contributed by atoms with Crippen LogP contribution in [0.1, 0.15) is 59.9 Å². The van der Waals surface area contributed by atoms with Crippen LogP contribution in [0.4, 0.5) is 5.82 Å². The Morgan fingerprint density at radius 2 is 1.94 bits per heavy atom. The summed E-state index contributed by atoms with van der Waals surface area (Å²) in [6.07, 6.45) is 4.35. The number of amidine groups is 1. The fourth-order valence-corrected chi connectivity index (χ4v) is 4.07. The molecule has 168 valence electrons. The van der Waals surface area contributed by atoms with Gasteiger partial charge in [-0.15, -0.1) is 0 Å².